The molecular weight excluding hydrogens is 347 g/mol. The molecule has 146 valence electrons. The smallest absolute Gasteiger partial charge is 0.132 e. The van der Waals surface area contributed by atoms with E-state index in [-0.39, 0.29) is 5.82 Å². The van der Waals surface area contributed by atoms with E-state index in [9.17, 15) is 9.18 Å². The number of ketones is 1. The summed E-state index contributed by atoms with van der Waals surface area (Å²) in [5, 5.41) is 0. The lowest BCUT2D eigenvalue weighted by Crippen LogP contribution is -2.20. The third-order valence-corrected chi connectivity index (χ3v) is 5.90. The minimum Gasteiger partial charge on any atom is -0.300 e. The van der Waals surface area contributed by atoms with Gasteiger partial charge in [-0.25, -0.2) is 4.39 Å². The Bertz CT molecular complexity index is 849. The highest BCUT2D eigenvalue weighted by atomic mass is 19.1. The third kappa shape index (κ3) is 5.07. The summed E-state index contributed by atoms with van der Waals surface area (Å²) >= 11 is 0. The number of hydrogen-bond donors (Lipinski definition) is 0. The molecule has 0 N–H and O–H groups in total. The molecule has 2 aromatic rings. The van der Waals surface area contributed by atoms with Crippen molar-refractivity contribution in [1.82, 2.24) is 0 Å². The fraction of sp³-hybridized carbons (Fsp3) is 0.346. The number of halogens is 1. The Morgan fingerprint density at radius 3 is 2.29 bits per heavy atom. The van der Waals surface area contributed by atoms with Crippen LogP contribution in [0.25, 0.3) is 5.57 Å². The van der Waals surface area contributed by atoms with Gasteiger partial charge in [0.05, 0.1) is 0 Å². The maximum absolute atomic E-state index is 12.3. The first-order chi connectivity index (χ1) is 13.6. The fourth-order valence-electron chi connectivity index (χ4n) is 4.15. The lowest BCUT2D eigenvalue weighted by atomic mass is 9.75. The maximum atomic E-state index is 12.3. The van der Waals surface area contributed by atoms with Gasteiger partial charge in [-0.3, -0.25) is 4.79 Å². The number of hydrogen-bond acceptors (Lipinski definition) is 1. The molecule has 0 bridgehead atoms. The first-order valence-corrected chi connectivity index (χ1v) is 10.2. The zero-order valence-corrected chi connectivity index (χ0v) is 16.8. The number of carbonyl (C=O) groups excluding carboxylic acids is 1. The Kier molecular flexibility index (Phi) is 6.97. The minimum atomic E-state index is -0.132. The number of benzene rings is 2. The largest absolute Gasteiger partial charge is 0.300 e. The van der Waals surface area contributed by atoms with Crippen molar-refractivity contribution >= 4 is 11.4 Å². The lowest BCUT2D eigenvalue weighted by molar-refractivity contribution is -0.121. The van der Waals surface area contributed by atoms with Crippen molar-refractivity contribution in [2.24, 2.45) is 11.8 Å². The second kappa shape index (κ2) is 9.64. The van der Waals surface area contributed by atoms with E-state index in [1.165, 1.54) is 22.8 Å². The second-order valence-corrected chi connectivity index (χ2v) is 7.82. The summed E-state index contributed by atoms with van der Waals surface area (Å²) in [5.41, 5.74) is 5.04. The lowest BCUT2D eigenvalue weighted by Gasteiger charge is -2.29. The Hall–Kier alpha value is -2.48. The van der Waals surface area contributed by atoms with Crippen molar-refractivity contribution in [3.8, 4) is 0 Å². The van der Waals surface area contributed by atoms with E-state index in [2.05, 4.69) is 42.5 Å². The highest BCUT2D eigenvalue weighted by Gasteiger charge is 2.27. The molecule has 28 heavy (non-hydrogen) atoms. The summed E-state index contributed by atoms with van der Waals surface area (Å²) in [4.78, 5) is 11.5. The molecule has 0 aliphatic heterocycles. The van der Waals surface area contributed by atoms with Gasteiger partial charge in [0.15, 0.2) is 0 Å². The fourth-order valence-corrected chi connectivity index (χ4v) is 4.15. The van der Waals surface area contributed by atoms with Gasteiger partial charge in [-0.2, -0.15) is 0 Å². The Labute approximate surface area is 168 Å². The van der Waals surface area contributed by atoms with Crippen molar-refractivity contribution in [1.29, 1.82) is 0 Å². The number of Topliss-reactive ketones (excluding diaryl/α,β-unsaturated/α-hetero) is 1. The van der Waals surface area contributed by atoms with Crippen LogP contribution in [0.4, 0.5) is 4.39 Å². The molecule has 0 radical (unpaired) electrons. The zero-order chi connectivity index (χ0) is 19.9. The molecule has 0 spiro atoms. The third-order valence-electron chi connectivity index (χ3n) is 5.90. The van der Waals surface area contributed by atoms with Crippen LogP contribution in [-0.4, -0.2) is 5.78 Å². The highest BCUT2D eigenvalue weighted by Crippen LogP contribution is 2.39. The van der Waals surface area contributed by atoms with Crippen LogP contribution in [0.3, 0.4) is 0 Å². The van der Waals surface area contributed by atoms with Gasteiger partial charge in [0.25, 0.3) is 0 Å². The van der Waals surface area contributed by atoms with Gasteiger partial charge in [-0.15, -0.1) is 0 Å². The predicted octanol–water partition coefficient (Wildman–Crippen LogP) is 6.71. The van der Waals surface area contributed by atoms with E-state index in [1.807, 2.05) is 6.07 Å². The number of carbonyl (C=O) groups is 1. The summed E-state index contributed by atoms with van der Waals surface area (Å²) < 4.78 is 12.3. The molecule has 0 atom stereocenters. The molecule has 2 aliphatic rings. The zero-order valence-electron chi connectivity index (χ0n) is 16.8. The summed E-state index contributed by atoms with van der Waals surface area (Å²) in [6, 6.07) is 15.5. The van der Waals surface area contributed by atoms with Gasteiger partial charge >= 0.3 is 0 Å². The maximum Gasteiger partial charge on any atom is 0.132 e. The quantitative estimate of drug-likeness (QED) is 0.569. The van der Waals surface area contributed by atoms with E-state index >= 15 is 0 Å². The molecule has 1 nitrogen and oxygen atoms in total. The molecule has 1 fully saturated rings. The molecule has 0 saturated heterocycles. The van der Waals surface area contributed by atoms with E-state index in [4.69, 9.17) is 0 Å². The second-order valence-electron chi connectivity index (χ2n) is 7.82. The van der Waals surface area contributed by atoms with E-state index in [0.29, 0.717) is 23.2 Å². The average Bonchev–Trinajstić information content (AvgIpc) is 2.93. The van der Waals surface area contributed by atoms with Crippen LogP contribution in [-0.2, 0) is 11.2 Å². The van der Waals surface area contributed by atoms with Gasteiger partial charge in [-0.05, 0) is 80.2 Å². The van der Waals surface area contributed by atoms with Gasteiger partial charge in [-0.1, -0.05) is 60.7 Å². The van der Waals surface area contributed by atoms with Gasteiger partial charge in [0, 0.05) is 5.92 Å². The Balaban J connectivity index is 0.000000236. The summed E-state index contributed by atoms with van der Waals surface area (Å²) in [6.45, 7) is 3.49. The van der Waals surface area contributed by atoms with Crippen LogP contribution in [0.1, 0.15) is 49.3 Å². The first-order valence-electron chi connectivity index (χ1n) is 10.2. The SMILES string of the molecule is CC(=O)C1CCC(C2=CC=CCc3ccccc32)CC1.Cc1ccccc1F. The molecular formula is C26H29FO. The number of allylic oxidation sites excluding steroid dienone is 4. The minimum absolute atomic E-state index is 0.132. The van der Waals surface area contributed by atoms with Crippen LogP contribution < -0.4 is 0 Å². The highest BCUT2D eigenvalue weighted by molar-refractivity contribution is 5.79. The van der Waals surface area contributed by atoms with Crippen molar-refractivity contribution in [2.45, 2.75) is 46.0 Å². The van der Waals surface area contributed by atoms with Crippen LogP contribution in [0.15, 0.2) is 66.8 Å². The molecule has 2 aromatic carbocycles. The van der Waals surface area contributed by atoms with E-state index in [0.717, 1.165) is 32.1 Å². The molecule has 2 aliphatic carbocycles. The van der Waals surface area contributed by atoms with Crippen molar-refractivity contribution < 1.29 is 9.18 Å². The van der Waals surface area contributed by atoms with Gasteiger partial charge in [0.1, 0.15) is 11.6 Å². The van der Waals surface area contributed by atoms with Crippen molar-refractivity contribution in [3.05, 3.63) is 89.3 Å². The van der Waals surface area contributed by atoms with Crippen LogP contribution in [0.5, 0.6) is 0 Å². The van der Waals surface area contributed by atoms with Gasteiger partial charge in [0.2, 0.25) is 0 Å². The monoisotopic (exact) mass is 376 g/mol. The number of rotatable bonds is 2. The van der Waals surface area contributed by atoms with Crippen molar-refractivity contribution in [2.75, 3.05) is 0 Å². The molecule has 0 aromatic heterocycles. The predicted molar refractivity (Wildman–Crippen MR) is 115 cm³/mol. The van der Waals surface area contributed by atoms with E-state index < -0.39 is 0 Å². The summed E-state index contributed by atoms with van der Waals surface area (Å²) in [6.07, 6.45) is 12.2. The van der Waals surface area contributed by atoms with Crippen LogP contribution in [0.2, 0.25) is 0 Å². The molecule has 0 heterocycles. The average molecular weight is 377 g/mol. The van der Waals surface area contributed by atoms with Crippen LogP contribution in [0, 0.1) is 24.6 Å². The van der Waals surface area contributed by atoms with Crippen molar-refractivity contribution in [3.63, 3.8) is 0 Å². The molecule has 0 amide bonds. The Morgan fingerprint density at radius 2 is 1.64 bits per heavy atom. The van der Waals surface area contributed by atoms with Crippen LogP contribution >= 0.6 is 0 Å². The summed E-state index contributed by atoms with van der Waals surface area (Å²) in [7, 11) is 0. The Morgan fingerprint density at radius 1 is 0.964 bits per heavy atom. The molecule has 0 unspecified atom stereocenters. The topological polar surface area (TPSA) is 17.1 Å². The number of fused-ring (bicyclic) bond motifs is 1. The molecule has 1 saturated carbocycles. The van der Waals surface area contributed by atoms with Gasteiger partial charge < -0.3 is 0 Å². The molecule has 4 rings (SSSR count). The van der Waals surface area contributed by atoms with E-state index in [1.54, 1.807) is 26.0 Å². The normalized spacial score (nSPS) is 20.9. The summed E-state index contributed by atoms with van der Waals surface area (Å²) in [5.74, 6) is 1.17. The first kappa shape index (κ1) is 20.3. The number of aryl methyl sites for hydroxylation is 1. The molecule has 2 heteroatoms. The standard InChI is InChI=1S/C19H22O.C7H7F/c1-14(20)15-10-12-17(13-11-15)19-9-5-3-7-16-6-2-4-8-18(16)19;1-6-4-2-3-5-7(6)8/h2-6,8-9,15,17H,7,10-13H2,1H3;2-5H,1H3.